The first-order valence-corrected chi connectivity index (χ1v) is 10.5. The molecule has 138 valence electrons. The molecule has 2 atom stereocenters. The van der Waals surface area contributed by atoms with E-state index < -0.39 is 9.84 Å². The van der Waals surface area contributed by atoms with Crippen LogP contribution >= 0.6 is 0 Å². The lowest BCUT2D eigenvalue weighted by atomic mass is 10.0. The Kier molecular flexibility index (Phi) is 4.28. The summed E-state index contributed by atoms with van der Waals surface area (Å²) in [6, 6.07) is 6.85. The smallest absolute Gasteiger partial charge is 0.254 e. The molecule has 0 bridgehead atoms. The second kappa shape index (κ2) is 6.48. The first-order valence-electron chi connectivity index (χ1n) is 8.69. The van der Waals surface area contributed by atoms with Crippen molar-refractivity contribution in [1.82, 2.24) is 24.6 Å². The fraction of sp³-hybridized carbons (Fsp3) is 0.471. The molecule has 2 unspecified atom stereocenters. The summed E-state index contributed by atoms with van der Waals surface area (Å²) in [5, 5.41) is 7.57. The molecule has 2 fully saturated rings. The Balaban J connectivity index is 1.63. The van der Waals surface area contributed by atoms with Gasteiger partial charge in [-0.15, -0.1) is 10.2 Å². The zero-order valence-electron chi connectivity index (χ0n) is 14.5. The Morgan fingerprint density at radius 2 is 1.88 bits per heavy atom. The minimum absolute atomic E-state index is 0.0467. The lowest BCUT2D eigenvalue weighted by Crippen LogP contribution is -2.60. The number of amides is 1. The van der Waals surface area contributed by atoms with Crippen LogP contribution in [0.5, 0.6) is 0 Å². The van der Waals surface area contributed by atoms with Gasteiger partial charge >= 0.3 is 0 Å². The van der Waals surface area contributed by atoms with E-state index in [1.807, 2.05) is 19.1 Å². The van der Waals surface area contributed by atoms with E-state index in [4.69, 9.17) is 0 Å². The van der Waals surface area contributed by atoms with Crippen molar-refractivity contribution in [1.29, 1.82) is 0 Å². The van der Waals surface area contributed by atoms with Crippen LogP contribution < -0.4 is 0 Å². The van der Waals surface area contributed by atoms with Crippen LogP contribution in [0.25, 0.3) is 5.69 Å². The van der Waals surface area contributed by atoms with Gasteiger partial charge in [-0.3, -0.25) is 14.3 Å². The van der Waals surface area contributed by atoms with Crippen LogP contribution in [0.2, 0.25) is 0 Å². The molecule has 2 saturated heterocycles. The molecule has 1 aromatic heterocycles. The van der Waals surface area contributed by atoms with E-state index in [1.54, 1.807) is 34.3 Å². The van der Waals surface area contributed by atoms with Crippen molar-refractivity contribution in [3.8, 4) is 5.69 Å². The maximum absolute atomic E-state index is 13.1. The topological polar surface area (TPSA) is 88.4 Å². The second-order valence-electron chi connectivity index (χ2n) is 6.76. The van der Waals surface area contributed by atoms with Gasteiger partial charge in [0.1, 0.15) is 12.7 Å². The average molecular weight is 375 g/mol. The summed E-state index contributed by atoms with van der Waals surface area (Å²) in [5.41, 5.74) is 1.34. The molecule has 8 nitrogen and oxygen atoms in total. The summed E-state index contributed by atoms with van der Waals surface area (Å²) < 4.78 is 26.1. The normalized spacial score (nSPS) is 25.2. The lowest BCUT2D eigenvalue weighted by molar-refractivity contribution is 0.0349. The molecule has 3 heterocycles. The molecule has 0 spiro atoms. The fourth-order valence-electron chi connectivity index (χ4n) is 3.97. The van der Waals surface area contributed by atoms with Crippen LogP contribution in [0, 0.1) is 0 Å². The SMILES string of the molecule is CCN1CCN(C(=O)c2cccc(-n3cnnc3)c2)C2CS(=O)(=O)CC21. The highest BCUT2D eigenvalue weighted by Crippen LogP contribution is 2.28. The van der Waals surface area contributed by atoms with Crippen molar-refractivity contribution < 1.29 is 13.2 Å². The van der Waals surface area contributed by atoms with Crippen LogP contribution in [-0.2, 0) is 9.84 Å². The third kappa shape index (κ3) is 3.01. The van der Waals surface area contributed by atoms with Crippen molar-refractivity contribution in [2.24, 2.45) is 0 Å². The highest BCUT2D eigenvalue weighted by atomic mass is 32.2. The molecule has 0 N–H and O–H groups in total. The number of nitrogens with zero attached hydrogens (tertiary/aromatic N) is 5. The summed E-state index contributed by atoms with van der Waals surface area (Å²) >= 11 is 0. The number of aromatic nitrogens is 3. The van der Waals surface area contributed by atoms with E-state index in [9.17, 15) is 13.2 Å². The molecule has 0 radical (unpaired) electrons. The summed E-state index contributed by atoms with van der Waals surface area (Å²) in [6.07, 6.45) is 3.15. The van der Waals surface area contributed by atoms with Gasteiger partial charge in [-0.1, -0.05) is 13.0 Å². The van der Waals surface area contributed by atoms with E-state index in [2.05, 4.69) is 15.1 Å². The predicted molar refractivity (Wildman–Crippen MR) is 95.9 cm³/mol. The van der Waals surface area contributed by atoms with E-state index in [0.29, 0.717) is 18.7 Å². The third-order valence-electron chi connectivity index (χ3n) is 5.27. The maximum Gasteiger partial charge on any atom is 0.254 e. The number of rotatable bonds is 3. The minimum Gasteiger partial charge on any atom is -0.332 e. The van der Waals surface area contributed by atoms with Crippen LogP contribution in [0.3, 0.4) is 0 Å². The van der Waals surface area contributed by atoms with E-state index in [0.717, 1.165) is 12.2 Å². The summed E-state index contributed by atoms with van der Waals surface area (Å²) in [7, 11) is -3.12. The van der Waals surface area contributed by atoms with Crippen LogP contribution in [0.15, 0.2) is 36.9 Å². The molecular weight excluding hydrogens is 354 g/mol. The summed E-state index contributed by atoms with van der Waals surface area (Å²) in [4.78, 5) is 17.1. The van der Waals surface area contributed by atoms with Crippen LogP contribution in [0.4, 0.5) is 0 Å². The largest absolute Gasteiger partial charge is 0.332 e. The van der Waals surface area contributed by atoms with Crippen molar-refractivity contribution in [2.75, 3.05) is 31.1 Å². The first-order chi connectivity index (χ1) is 12.5. The molecule has 9 heteroatoms. The van der Waals surface area contributed by atoms with E-state index in [-0.39, 0.29) is 29.5 Å². The van der Waals surface area contributed by atoms with Crippen molar-refractivity contribution in [3.05, 3.63) is 42.5 Å². The molecule has 1 aromatic carbocycles. The number of sulfone groups is 1. The highest BCUT2D eigenvalue weighted by Gasteiger charge is 2.47. The van der Waals surface area contributed by atoms with Gasteiger partial charge in [0.15, 0.2) is 9.84 Å². The van der Waals surface area contributed by atoms with Gasteiger partial charge in [-0.2, -0.15) is 0 Å². The number of hydrogen-bond donors (Lipinski definition) is 0. The number of carbonyl (C=O) groups is 1. The van der Waals surface area contributed by atoms with E-state index >= 15 is 0 Å². The second-order valence-corrected chi connectivity index (χ2v) is 8.91. The van der Waals surface area contributed by atoms with Gasteiger partial charge in [0.25, 0.3) is 5.91 Å². The van der Waals surface area contributed by atoms with Crippen LogP contribution in [0.1, 0.15) is 17.3 Å². The standard InChI is InChI=1S/C17H21N5O3S/c1-2-20-6-7-22(16-10-26(24,25)9-15(16)20)17(23)13-4-3-5-14(8-13)21-11-18-19-12-21/h3-5,8,11-12,15-16H,2,6-7,9-10H2,1H3. The Morgan fingerprint density at radius 1 is 1.15 bits per heavy atom. The Morgan fingerprint density at radius 3 is 2.62 bits per heavy atom. The molecular formula is C17H21N5O3S. The third-order valence-corrected chi connectivity index (χ3v) is 6.97. The Labute approximate surface area is 152 Å². The molecule has 4 rings (SSSR count). The van der Waals surface area contributed by atoms with Gasteiger partial charge in [-0.05, 0) is 24.7 Å². The predicted octanol–water partition coefficient (Wildman–Crippen LogP) is 0.211. The number of piperazine rings is 1. The number of carbonyl (C=O) groups excluding carboxylic acids is 1. The summed E-state index contributed by atoms with van der Waals surface area (Å²) in [5.74, 6) is 0.0592. The van der Waals surface area contributed by atoms with Crippen molar-refractivity contribution in [2.45, 2.75) is 19.0 Å². The van der Waals surface area contributed by atoms with E-state index in [1.165, 1.54) is 0 Å². The molecule has 2 aliphatic heterocycles. The molecule has 2 aromatic rings. The zero-order chi connectivity index (χ0) is 18.3. The zero-order valence-corrected chi connectivity index (χ0v) is 15.3. The minimum atomic E-state index is -3.12. The number of hydrogen-bond acceptors (Lipinski definition) is 6. The van der Waals surface area contributed by atoms with Gasteiger partial charge in [-0.25, -0.2) is 8.42 Å². The van der Waals surface area contributed by atoms with Gasteiger partial charge in [0.05, 0.1) is 17.5 Å². The first kappa shape index (κ1) is 17.2. The average Bonchev–Trinajstić information content (AvgIpc) is 3.27. The number of fused-ring (bicyclic) bond motifs is 1. The monoisotopic (exact) mass is 375 g/mol. The molecule has 0 aliphatic carbocycles. The van der Waals surface area contributed by atoms with Crippen LogP contribution in [-0.4, -0.2) is 82.1 Å². The number of likely N-dealkylation sites (N-methyl/N-ethyl adjacent to an activating group) is 1. The summed E-state index contributed by atoms with van der Waals surface area (Å²) in [6.45, 7) is 4.06. The Bertz CT molecular complexity index is 912. The molecule has 0 saturated carbocycles. The molecule has 1 amide bonds. The van der Waals surface area contributed by atoms with Crippen molar-refractivity contribution >= 4 is 15.7 Å². The Hall–Kier alpha value is -2.26. The van der Waals surface area contributed by atoms with Gasteiger partial charge in [0, 0.05) is 30.4 Å². The maximum atomic E-state index is 13.1. The quantitative estimate of drug-likeness (QED) is 0.762. The molecule has 26 heavy (non-hydrogen) atoms. The van der Waals surface area contributed by atoms with Gasteiger partial charge < -0.3 is 4.90 Å². The highest BCUT2D eigenvalue weighted by molar-refractivity contribution is 7.91. The fourth-order valence-corrected chi connectivity index (χ4v) is 5.98. The van der Waals surface area contributed by atoms with Crippen molar-refractivity contribution in [3.63, 3.8) is 0 Å². The molecule has 2 aliphatic rings. The lowest BCUT2D eigenvalue weighted by Gasteiger charge is -2.43. The number of benzene rings is 1. The van der Waals surface area contributed by atoms with Gasteiger partial charge in [0.2, 0.25) is 0 Å².